The first-order chi connectivity index (χ1) is 8.29. The van der Waals surface area contributed by atoms with E-state index in [4.69, 9.17) is 11.6 Å². The van der Waals surface area contributed by atoms with Gasteiger partial charge in [-0.05, 0) is 42.7 Å². The van der Waals surface area contributed by atoms with E-state index in [-0.39, 0.29) is 0 Å². The van der Waals surface area contributed by atoms with Gasteiger partial charge in [-0.1, -0.05) is 49.9 Å². The summed E-state index contributed by atoms with van der Waals surface area (Å²) in [4.78, 5) is 0. The average Bonchev–Trinajstić information content (AvgIpc) is 2.84. The minimum atomic E-state index is 0.667. The molecule has 0 nitrogen and oxygen atoms in total. The van der Waals surface area contributed by atoms with Gasteiger partial charge in [-0.3, -0.25) is 0 Å². The largest absolute Gasteiger partial charge is 0.126 e. The molecule has 1 saturated carbocycles. The van der Waals surface area contributed by atoms with Crippen LogP contribution in [0.4, 0.5) is 0 Å². The van der Waals surface area contributed by atoms with Crippen molar-refractivity contribution in [3.05, 3.63) is 35.4 Å². The second-order valence-electron chi connectivity index (χ2n) is 5.54. The fraction of sp³-hybridized carbons (Fsp3) is 0.625. The zero-order valence-electron chi connectivity index (χ0n) is 10.8. The van der Waals surface area contributed by atoms with Gasteiger partial charge in [0.05, 0.1) is 0 Å². The summed E-state index contributed by atoms with van der Waals surface area (Å²) in [5, 5.41) is 0. The van der Waals surface area contributed by atoms with Gasteiger partial charge in [-0.25, -0.2) is 0 Å². The summed E-state index contributed by atoms with van der Waals surface area (Å²) in [6.07, 6.45) is 8.22. The Morgan fingerprint density at radius 2 is 1.94 bits per heavy atom. The second-order valence-corrected chi connectivity index (χ2v) is 5.85. The molecule has 1 aromatic rings. The predicted octanol–water partition coefficient (Wildman–Crippen LogP) is 4.97. The van der Waals surface area contributed by atoms with Crippen molar-refractivity contribution in [2.75, 3.05) is 5.88 Å². The van der Waals surface area contributed by atoms with Crippen molar-refractivity contribution in [3.63, 3.8) is 0 Å². The average molecular weight is 251 g/mol. The van der Waals surface area contributed by atoms with Gasteiger partial charge >= 0.3 is 0 Å². The number of alkyl halides is 1. The smallest absolute Gasteiger partial charge is 0.0255 e. The lowest BCUT2D eigenvalue weighted by Crippen LogP contribution is -2.12. The number of hydrogen-bond acceptors (Lipinski definition) is 0. The van der Waals surface area contributed by atoms with E-state index in [0.717, 1.165) is 18.2 Å². The van der Waals surface area contributed by atoms with Crippen molar-refractivity contribution in [2.24, 2.45) is 11.8 Å². The van der Waals surface area contributed by atoms with Gasteiger partial charge in [0.25, 0.3) is 0 Å². The van der Waals surface area contributed by atoms with E-state index in [1.54, 1.807) is 0 Å². The molecule has 2 rings (SSSR count). The van der Waals surface area contributed by atoms with Gasteiger partial charge in [0.15, 0.2) is 0 Å². The lowest BCUT2D eigenvalue weighted by molar-refractivity contribution is 0.399. The molecule has 0 N–H and O–H groups in total. The van der Waals surface area contributed by atoms with Gasteiger partial charge < -0.3 is 0 Å². The molecule has 0 amide bonds. The molecular formula is C16H23Cl. The predicted molar refractivity (Wildman–Crippen MR) is 75.7 cm³/mol. The Balaban J connectivity index is 1.92. The summed E-state index contributed by atoms with van der Waals surface area (Å²) in [7, 11) is 0. The maximum Gasteiger partial charge on any atom is 0.0255 e. The minimum Gasteiger partial charge on any atom is -0.126 e. The summed E-state index contributed by atoms with van der Waals surface area (Å²) in [5.41, 5.74) is 2.89. The zero-order chi connectivity index (χ0) is 12.1. The van der Waals surface area contributed by atoms with Crippen molar-refractivity contribution in [2.45, 2.75) is 45.4 Å². The van der Waals surface area contributed by atoms with Crippen LogP contribution in [-0.2, 0) is 6.42 Å². The number of aryl methyl sites for hydroxylation is 1. The molecule has 0 heterocycles. The Bertz CT molecular complexity index is 339. The van der Waals surface area contributed by atoms with E-state index in [9.17, 15) is 0 Å². The number of hydrogen-bond donors (Lipinski definition) is 0. The second kappa shape index (κ2) is 6.44. The lowest BCUT2D eigenvalue weighted by atomic mass is 9.88. The fourth-order valence-corrected chi connectivity index (χ4v) is 3.30. The summed E-state index contributed by atoms with van der Waals surface area (Å²) in [5.74, 6) is 2.42. The molecule has 1 aliphatic carbocycles. The zero-order valence-corrected chi connectivity index (χ0v) is 11.5. The summed E-state index contributed by atoms with van der Waals surface area (Å²) >= 11 is 6.15. The Hall–Kier alpha value is -0.490. The molecule has 0 bridgehead atoms. The maximum absolute atomic E-state index is 6.15. The molecular weight excluding hydrogens is 228 g/mol. The third kappa shape index (κ3) is 3.74. The quantitative estimate of drug-likeness (QED) is 0.647. The molecule has 0 saturated heterocycles. The maximum atomic E-state index is 6.15. The molecule has 1 aliphatic rings. The van der Waals surface area contributed by atoms with Crippen molar-refractivity contribution in [3.8, 4) is 0 Å². The highest BCUT2D eigenvalue weighted by Crippen LogP contribution is 2.32. The van der Waals surface area contributed by atoms with Crippen LogP contribution in [-0.4, -0.2) is 5.88 Å². The van der Waals surface area contributed by atoms with E-state index >= 15 is 0 Å². The van der Waals surface area contributed by atoms with Crippen LogP contribution in [0.25, 0.3) is 0 Å². The molecule has 1 heteroatoms. The van der Waals surface area contributed by atoms with Crippen molar-refractivity contribution >= 4 is 11.6 Å². The molecule has 94 valence electrons. The number of rotatable bonds is 5. The highest BCUT2D eigenvalue weighted by atomic mass is 35.5. The third-order valence-electron chi connectivity index (χ3n) is 4.13. The van der Waals surface area contributed by atoms with Gasteiger partial charge in [-0.2, -0.15) is 0 Å². The summed E-state index contributed by atoms with van der Waals surface area (Å²) < 4.78 is 0. The molecule has 17 heavy (non-hydrogen) atoms. The Morgan fingerprint density at radius 1 is 1.24 bits per heavy atom. The molecule has 0 aliphatic heterocycles. The lowest BCUT2D eigenvalue weighted by Gasteiger charge is -2.19. The van der Waals surface area contributed by atoms with Crippen LogP contribution in [0.15, 0.2) is 24.3 Å². The van der Waals surface area contributed by atoms with E-state index in [2.05, 4.69) is 31.2 Å². The van der Waals surface area contributed by atoms with Gasteiger partial charge in [0, 0.05) is 5.88 Å². The first kappa shape index (κ1) is 13.0. The Labute approximate surface area is 110 Å². The Morgan fingerprint density at radius 3 is 2.59 bits per heavy atom. The van der Waals surface area contributed by atoms with Crippen LogP contribution in [0, 0.1) is 18.8 Å². The van der Waals surface area contributed by atoms with E-state index in [1.165, 1.54) is 43.2 Å². The molecule has 1 unspecified atom stereocenters. The first-order valence-corrected chi connectivity index (χ1v) is 7.43. The third-order valence-corrected chi connectivity index (χ3v) is 4.57. The van der Waals surface area contributed by atoms with E-state index in [1.807, 2.05) is 0 Å². The first-order valence-electron chi connectivity index (χ1n) is 6.90. The number of benzene rings is 1. The molecule has 0 spiro atoms. The van der Waals surface area contributed by atoms with E-state index in [0.29, 0.717) is 5.92 Å². The van der Waals surface area contributed by atoms with Crippen molar-refractivity contribution in [1.82, 2.24) is 0 Å². The molecule has 1 aromatic carbocycles. The highest BCUT2D eigenvalue weighted by Gasteiger charge is 2.20. The van der Waals surface area contributed by atoms with Crippen LogP contribution in [0.5, 0.6) is 0 Å². The monoisotopic (exact) mass is 250 g/mol. The van der Waals surface area contributed by atoms with Crippen LogP contribution in [0.2, 0.25) is 0 Å². The minimum absolute atomic E-state index is 0.667. The van der Waals surface area contributed by atoms with Gasteiger partial charge in [0.1, 0.15) is 0 Å². The van der Waals surface area contributed by atoms with Crippen LogP contribution in [0.1, 0.15) is 43.2 Å². The topological polar surface area (TPSA) is 0 Å². The van der Waals surface area contributed by atoms with Gasteiger partial charge in [0.2, 0.25) is 0 Å². The van der Waals surface area contributed by atoms with Gasteiger partial charge in [-0.15, -0.1) is 11.6 Å². The molecule has 1 atom stereocenters. The Kier molecular flexibility index (Phi) is 4.91. The summed E-state index contributed by atoms with van der Waals surface area (Å²) in [6, 6.07) is 8.72. The van der Waals surface area contributed by atoms with Crippen LogP contribution < -0.4 is 0 Å². The number of halogens is 1. The van der Waals surface area contributed by atoms with E-state index < -0.39 is 0 Å². The molecule has 0 radical (unpaired) electrons. The normalized spacial score (nSPS) is 18.5. The summed E-state index contributed by atoms with van der Waals surface area (Å²) in [6.45, 7) is 2.20. The fourth-order valence-electron chi connectivity index (χ4n) is 3.07. The highest BCUT2D eigenvalue weighted by molar-refractivity contribution is 6.18. The standard InChI is InChI=1S/C16H23Cl/c1-13-6-2-5-9-16(13)11-15(12-17)10-14-7-3-4-8-14/h2,5-6,9,14-15H,3-4,7-8,10-12H2,1H3. The van der Waals surface area contributed by atoms with Crippen molar-refractivity contribution < 1.29 is 0 Å². The SMILES string of the molecule is Cc1ccccc1CC(CCl)CC1CCCC1. The molecule has 0 aromatic heterocycles. The van der Waals surface area contributed by atoms with Crippen molar-refractivity contribution in [1.29, 1.82) is 0 Å². The van der Waals surface area contributed by atoms with Crippen LogP contribution in [0.3, 0.4) is 0 Å². The molecule has 1 fully saturated rings. The van der Waals surface area contributed by atoms with Crippen LogP contribution >= 0.6 is 11.6 Å².